The SMILES string of the molecule is COc1ccc([C@H]2C[C@@H]3CC[C@H]([C@H]2C(=O)OCCc2ccc(N)cc2)N3C)cc1. The van der Waals surface area contributed by atoms with E-state index in [0.29, 0.717) is 19.1 Å². The lowest BCUT2D eigenvalue weighted by Gasteiger charge is -2.42. The Hall–Kier alpha value is -2.53. The van der Waals surface area contributed by atoms with Gasteiger partial charge in [-0.05, 0) is 61.7 Å². The van der Waals surface area contributed by atoms with Gasteiger partial charge in [0.05, 0.1) is 19.6 Å². The topological polar surface area (TPSA) is 64.8 Å². The first-order valence-electron chi connectivity index (χ1n) is 10.4. The van der Waals surface area contributed by atoms with Gasteiger partial charge in [-0.25, -0.2) is 0 Å². The summed E-state index contributed by atoms with van der Waals surface area (Å²) in [5, 5.41) is 0. The molecular formula is C24H30N2O3. The third-order valence-electron chi connectivity index (χ3n) is 6.70. The molecule has 2 N–H and O–H groups in total. The van der Waals surface area contributed by atoms with Crippen molar-refractivity contribution in [2.75, 3.05) is 26.5 Å². The molecule has 2 saturated heterocycles. The predicted molar refractivity (Wildman–Crippen MR) is 114 cm³/mol. The Kier molecular flexibility index (Phi) is 5.76. The molecule has 0 radical (unpaired) electrons. The molecule has 2 fully saturated rings. The summed E-state index contributed by atoms with van der Waals surface area (Å²) in [5.41, 5.74) is 8.81. The van der Waals surface area contributed by atoms with E-state index in [1.54, 1.807) is 7.11 Å². The van der Waals surface area contributed by atoms with Gasteiger partial charge in [0.2, 0.25) is 0 Å². The predicted octanol–water partition coefficient (Wildman–Crippen LogP) is 3.63. The van der Waals surface area contributed by atoms with E-state index in [0.717, 1.165) is 36.3 Å². The summed E-state index contributed by atoms with van der Waals surface area (Å²) in [4.78, 5) is 15.6. The Labute approximate surface area is 172 Å². The number of nitrogens with zero attached hydrogens (tertiary/aromatic N) is 1. The van der Waals surface area contributed by atoms with Crippen molar-refractivity contribution in [3.05, 3.63) is 59.7 Å². The van der Waals surface area contributed by atoms with Gasteiger partial charge in [-0.15, -0.1) is 0 Å². The minimum absolute atomic E-state index is 0.0709. The lowest BCUT2D eigenvalue weighted by molar-refractivity contribution is -0.153. The summed E-state index contributed by atoms with van der Waals surface area (Å²) in [5.74, 6) is 0.836. The van der Waals surface area contributed by atoms with Crippen LogP contribution in [0.4, 0.5) is 5.69 Å². The van der Waals surface area contributed by atoms with Crippen LogP contribution in [0.3, 0.4) is 0 Å². The molecule has 29 heavy (non-hydrogen) atoms. The molecule has 4 atom stereocenters. The fourth-order valence-corrected chi connectivity index (χ4v) is 5.03. The molecule has 2 bridgehead atoms. The number of carbonyl (C=O) groups is 1. The lowest BCUT2D eigenvalue weighted by atomic mass is 9.76. The van der Waals surface area contributed by atoms with Crippen LogP contribution < -0.4 is 10.5 Å². The molecule has 2 aromatic carbocycles. The minimum Gasteiger partial charge on any atom is -0.497 e. The Morgan fingerprint density at radius 2 is 1.83 bits per heavy atom. The Morgan fingerprint density at radius 3 is 2.52 bits per heavy atom. The van der Waals surface area contributed by atoms with Crippen LogP contribution in [0.15, 0.2) is 48.5 Å². The van der Waals surface area contributed by atoms with Crippen molar-refractivity contribution in [3.63, 3.8) is 0 Å². The molecule has 0 spiro atoms. The number of esters is 1. The maximum absolute atomic E-state index is 13.2. The van der Waals surface area contributed by atoms with Crippen molar-refractivity contribution in [2.45, 2.75) is 43.7 Å². The minimum atomic E-state index is -0.126. The van der Waals surface area contributed by atoms with E-state index in [9.17, 15) is 4.79 Å². The van der Waals surface area contributed by atoms with Crippen LogP contribution in [0, 0.1) is 5.92 Å². The number of rotatable bonds is 6. The van der Waals surface area contributed by atoms with E-state index in [-0.39, 0.29) is 23.8 Å². The first-order valence-corrected chi connectivity index (χ1v) is 10.4. The van der Waals surface area contributed by atoms with Crippen molar-refractivity contribution in [2.24, 2.45) is 5.92 Å². The number of benzene rings is 2. The first-order chi connectivity index (χ1) is 14.1. The third-order valence-corrected chi connectivity index (χ3v) is 6.70. The molecule has 0 amide bonds. The molecule has 2 heterocycles. The smallest absolute Gasteiger partial charge is 0.311 e. The van der Waals surface area contributed by atoms with Crippen LogP contribution in [0.1, 0.15) is 36.3 Å². The molecule has 2 aromatic rings. The molecule has 2 aliphatic rings. The fourth-order valence-electron chi connectivity index (χ4n) is 5.03. The highest BCUT2D eigenvalue weighted by Gasteiger charge is 2.49. The highest BCUT2D eigenvalue weighted by Crippen LogP contribution is 2.46. The zero-order chi connectivity index (χ0) is 20.4. The molecule has 5 heteroatoms. The summed E-state index contributed by atoms with van der Waals surface area (Å²) in [6.45, 7) is 0.397. The molecule has 2 aliphatic heterocycles. The van der Waals surface area contributed by atoms with Crippen LogP contribution in [-0.2, 0) is 16.0 Å². The molecule has 0 saturated carbocycles. The van der Waals surface area contributed by atoms with Gasteiger partial charge in [0.25, 0.3) is 0 Å². The van der Waals surface area contributed by atoms with Crippen molar-refractivity contribution in [1.82, 2.24) is 4.90 Å². The second-order valence-corrected chi connectivity index (χ2v) is 8.26. The van der Waals surface area contributed by atoms with Gasteiger partial charge in [-0.1, -0.05) is 24.3 Å². The van der Waals surface area contributed by atoms with Gasteiger partial charge in [0.1, 0.15) is 5.75 Å². The number of hydrogen-bond acceptors (Lipinski definition) is 5. The number of nitrogens with two attached hydrogens (primary N) is 1. The van der Waals surface area contributed by atoms with Gasteiger partial charge in [0, 0.05) is 30.1 Å². The lowest BCUT2D eigenvalue weighted by Crippen LogP contribution is -2.49. The Morgan fingerprint density at radius 1 is 1.10 bits per heavy atom. The van der Waals surface area contributed by atoms with Crippen LogP contribution in [0.2, 0.25) is 0 Å². The monoisotopic (exact) mass is 394 g/mol. The van der Waals surface area contributed by atoms with Gasteiger partial charge in [-0.2, -0.15) is 0 Å². The molecule has 5 nitrogen and oxygen atoms in total. The number of methoxy groups -OCH3 is 1. The van der Waals surface area contributed by atoms with Crippen molar-refractivity contribution >= 4 is 11.7 Å². The maximum Gasteiger partial charge on any atom is 0.311 e. The number of nitrogen functional groups attached to an aromatic ring is 1. The summed E-state index contributed by atoms with van der Waals surface area (Å²) in [6, 6.07) is 16.7. The standard InChI is InChI=1S/C24H30N2O3/c1-26-19-9-12-22(26)23(21(15-19)17-5-10-20(28-2)11-6-17)24(27)29-14-13-16-3-7-18(25)8-4-16/h3-8,10-11,19,21-23H,9,12-15,25H2,1-2H3/t19-,21+,22+,23-/m0/s1. The fraction of sp³-hybridized carbons (Fsp3) is 0.458. The first kappa shape index (κ1) is 19.8. The van der Waals surface area contributed by atoms with E-state index < -0.39 is 0 Å². The summed E-state index contributed by atoms with van der Waals surface area (Å²) < 4.78 is 11.1. The Balaban J connectivity index is 1.47. The van der Waals surface area contributed by atoms with Gasteiger partial charge < -0.3 is 15.2 Å². The average Bonchev–Trinajstić information content (AvgIpc) is 2.97. The van der Waals surface area contributed by atoms with E-state index in [1.165, 1.54) is 5.56 Å². The Bertz CT molecular complexity index is 834. The second kappa shape index (κ2) is 8.46. The van der Waals surface area contributed by atoms with E-state index >= 15 is 0 Å². The number of anilines is 1. The number of fused-ring (bicyclic) bond motifs is 2. The molecular weight excluding hydrogens is 364 g/mol. The largest absolute Gasteiger partial charge is 0.497 e. The summed E-state index contributed by atoms with van der Waals surface area (Å²) in [6.07, 6.45) is 3.92. The number of ether oxygens (including phenoxy) is 2. The van der Waals surface area contributed by atoms with Crippen molar-refractivity contribution in [3.8, 4) is 5.75 Å². The number of hydrogen-bond donors (Lipinski definition) is 1. The molecule has 0 aliphatic carbocycles. The average molecular weight is 395 g/mol. The third kappa shape index (κ3) is 4.10. The highest BCUT2D eigenvalue weighted by molar-refractivity contribution is 5.75. The summed E-state index contributed by atoms with van der Waals surface area (Å²) >= 11 is 0. The highest BCUT2D eigenvalue weighted by atomic mass is 16.5. The molecule has 0 unspecified atom stereocenters. The number of carbonyl (C=O) groups excluding carboxylic acids is 1. The zero-order valence-corrected chi connectivity index (χ0v) is 17.2. The van der Waals surface area contributed by atoms with E-state index in [1.807, 2.05) is 36.4 Å². The van der Waals surface area contributed by atoms with Crippen LogP contribution >= 0.6 is 0 Å². The van der Waals surface area contributed by atoms with Crippen LogP contribution in [-0.4, -0.2) is 43.7 Å². The van der Waals surface area contributed by atoms with Gasteiger partial charge in [0.15, 0.2) is 0 Å². The number of piperidine rings is 1. The van der Waals surface area contributed by atoms with Crippen molar-refractivity contribution in [1.29, 1.82) is 0 Å². The van der Waals surface area contributed by atoms with Crippen molar-refractivity contribution < 1.29 is 14.3 Å². The quantitative estimate of drug-likeness (QED) is 0.599. The molecule has 4 rings (SSSR count). The molecule has 154 valence electrons. The second-order valence-electron chi connectivity index (χ2n) is 8.26. The maximum atomic E-state index is 13.2. The van der Waals surface area contributed by atoms with Crippen LogP contribution in [0.25, 0.3) is 0 Å². The summed E-state index contributed by atoms with van der Waals surface area (Å²) in [7, 11) is 3.83. The van der Waals surface area contributed by atoms with Crippen LogP contribution in [0.5, 0.6) is 5.75 Å². The van der Waals surface area contributed by atoms with E-state index in [2.05, 4.69) is 24.1 Å². The van der Waals surface area contributed by atoms with Gasteiger partial charge >= 0.3 is 5.97 Å². The van der Waals surface area contributed by atoms with Gasteiger partial charge in [-0.3, -0.25) is 9.69 Å². The van der Waals surface area contributed by atoms with E-state index in [4.69, 9.17) is 15.2 Å². The normalized spacial score (nSPS) is 26.3. The zero-order valence-electron chi connectivity index (χ0n) is 17.2. The molecule has 0 aromatic heterocycles.